The SMILES string of the molecule is CCCCCCCCN1C(=O)c2c(C#N)c(Cl)c3c4c(Cl)c(C#N)c5c6c(c(C#N)c(Cl)c(c7c(Cl)c(C#N)c(c2c37)C1=O)c64)C(=O)N(CCCCCCCC)C5=O. The van der Waals surface area contributed by atoms with Gasteiger partial charge in [-0.05, 0) is 12.8 Å². The van der Waals surface area contributed by atoms with E-state index in [0.717, 1.165) is 74.0 Å². The van der Waals surface area contributed by atoms with E-state index in [2.05, 4.69) is 13.8 Å². The molecule has 292 valence electrons. The fraction of sp³-hybridized carbons (Fsp3) is 0.364. The molecule has 2 heterocycles. The number of fused-ring (bicyclic) bond motifs is 2. The van der Waals surface area contributed by atoms with Crippen molar-refractivity contribution in [3.8, 4) is 24.3 Å². The molecule has 0 unspecified atom stereocenters. The molecule has 2 aliphatic heterocycles. The van der Waals surface area contributed by atoms with Crippen molar-refractivity contribution in [3.63, 3.8) is 0 Å². The van der Waals surface area contributed by atoms with E-state index in [4.69, 9.17) is 46.4 Å². The van der Waals surface area contributed by atoms with Gasteiger partial charge in [0.2, 0.25) is 0 Å². The lowest BCUT2D eigenvalue weighted by molar-refractivity contribution is 0.0592. The minimum atomic E-state index is -0.793. The minimum absolute atomic E-state index is 0.00809. The Morgan fingerprint density at radius 3 is 0.862 bits per heavy atom. The first-order chi connectivity index (χ1) is 28.0. The third-order valence-electron chi connectivity index (χ3n) is 11.5. The Morgan fingerprint density at radius 1 is 0.379 bits per heavy atom. The standard InChI is InChI=1S/C44H34Cl4N6O4/c1-3-5-7-9-11-13-15-53-41(55)25-21(17-49)37(45)33-31-29(25)26(42(53)56)22(18-50)38(46)34(31)36-32-30-27(23(19-51)39(47)35(32)33)43(57)54(16-14-12-10-8-6-4-2)44(58)28(30)24(20-52)40(36)48/h3-16H2,1-2H3. The summed E-state index contributed by atoms with van der Waals surface area (Å²) >= 11 is 28.7. The van der Waals surface area contributed by atoms with Gasteiger partial charge in [-0.2, -0.15) is 21.0 Å². The fourth-order valence-electron chi connectivity index (χ4n) is 8.82. The van der Waals surface area contributed by atoms with Crippen LogP contribution in [0.3, 0.4) is 0 Å². The van der Waals surface area contributed by atoms with E-state index in [1.54, 1.807) is 0 Å². The van der Waals surface area contributed by atoms with Crippen LogP contribution in [0.1, 0.15) is 155 Å². The molecule has 0 aromatic heterocycles. The summed E-state index contributed by atoms with van der Waals surface area (Å²) in [4.78, 5) is 59.8. The normalized spacial score (nSPS) is 13.6. The molecule has 0 spiro atoms. The number of hydrogen-bond donors (Lipinski definition) is 0. The Labute approximate surface area is 354 Å². The number of carbonyl (C=O) groups excluding carboxylic acids is 4. The molecular weight excluding hydrogens is 818 g/mol. The number of carbonyl (C=O) groups is 4. The van der Waals surface area contributed by atoms with E-state index in [-0.39, 0.29) is 121 Å². The van der Waals surface area contributed by atoms with Gasteiger partial charge in [0, 0.05) is 56.2 Å². The van der Waals surface area contributed by atoms with E-state index < -0.39 is 23.6 Å². The Hall–Kier alpha value is -5.20. The second-order valence-corrected chi connectivity index (χ2v) is 16.3. The summed E-state index contributed by atoms with van der Waals surface area (Å²) in [7, 11) is 0. The second-order valence-electron chi connectivity index (χ2n) is 14.8. The summed E-state index contributed by atoms with van der Waals surface area (Å²) in [6, 6.07) is 8.12. The van der Waals surface area contributed by atoms with Gasteiger partial charge in [-0.3, -0.25) is 29.0 Å². The van der Waals surface area contributed by atoms with Gasteiger partial charge < -0.3 is 0 Å². The van der Waals surface area contributed by atoms with Gasteiger partial charge in [-0.15, -0.1) is 0 Å². The Bertz CT molecular complexity index is 2500. The van der Waals surface area contributed by atoms with Crippen LogP contribution in [0.15, 0.2) is 0 Å². The number of unbranched alkanes of at least 4 members (excludes halogenated alkanes) is 10. The highest BCUT2D eigenvalue weighted by Gasteiger charge is 2.44. The van der Waals surface area contributed by atoms with Crippen LogP contribution in [0, 0.1) is 45.3 Å². The second kappa shape index (κ2) is 16.2. The van der Waals surface area contributed by atoms with Crippen LogP contribution < -0.4 is 0 Å². The smallest absolute Gasteiger partial charge is 0.262 e. The lowest BCUT2D eigenvalue weighted by Gasteiger charge is -2.33. The van der Waals surface area contributed by atoms with E-state index >= 15 is 0 Å². The van der Waals surface area contributed by atoms with Gasteiger partial charge in [0.05, 0.1) is 64.6 Å². The number of hydrogen-bond acceptors (Lipinski definition) is 8. The first-order valence-corrected chi connectivity index (χ1v) is 20.9. The highest BCUT2D eigenvalue weighted by molar-refractivity contribution is 6.57. The van der Waals surface area contributed by atoms with E-state index in [1.807, 2.05) is 24.3 Å². The monoisotopic (exact) mass is 850 g/mol. The number of nitrogens with zero attached hydrogens (tertiary/aromatic N) is 6. The summed E-state index contributed by atoms with van der Waals surface area (Å²) in [5.74, 6) is -3.17. The topological polar surface area (TPSA) is 170 Å². The molecule has 5 aromatic rings. The van der Waals surface area contributed by atoms with Gasteiger partial charge in [0.1, 0.15) is 24.3 Å². The van der Waals surface area contributed by atoms with Crippen molar-refractivity contribution in [2.75, 3.05) is 13.1 Å². The van der Waals surface area contributed by atoms with Gasteiger partial charge >= 0.3 is 0 Å². The number of rotatable bonds is 14. The van der Waals surface area contributed by atoms with E-state index in [1.165, 1.54) is 0 Å². The molecule has 58 heavy (non-hydrogen) atoms. The van der Waals surface area contributed by atoms with E-state index in [9.17, 15) is 40.2 Å². The maximum Gasteiger partial charge on any atom is 0.262 e. The first kappa shape index (κ1) is 41.0. The van der Waals surface area contributed by atoms with Crippen molar-refractivity contribution in [3.05, 3.63) is 64.6 Å². The molecule has 0 saturated heterocycles. The average molecular weight is 853 g/mol. The van der Waals surface area contributed by atoms with Crippen molar-refractivity contribution in [2.45, 2.75) is 90.9 Å². The van der Waals surface area contributed by atoms with Crippen LogP contribution in [0.5, 0.6) is 0 Å². The molecular formula is C44H34Cl4N6O4. The van der Waals surface area contributed by atoms with Crippen molar-refractivity contribution >= 4 is 113 Å². The van der Waals surface area contributed by atoms with Crippen molar-refractivity contribution in [1.29, 1.82) is 21.0 Å². The zero-order chi connectivity index (χ0) is 41.7. The maximum atomic E-state index is 14.4. The Morgan fingerprint density at radius 2 is 0.621 bits per heavy atom. The summed E-state index contributed by atoms with van der Waals surface area (Å²) in [6.07, 6.45) is 10.4. The summed E-state index contributed by atoms with van der Waals surface area (Å²) in [5.41, 5.74) is -2.14. The van der Waals surface area contributed by atoms with Gasteiger partial charge in [0.25, 0.3) is 23.6 Å². The maximum absolute atomic E-state index is 14.4. The predicted octanol–water partition coefficient (Wildman–Crippen LogP) is 11.8. The molecule has 4 amide bonds. The molecule has 2 aliphatic rings. The van der Waals surface area contributed by atoms with Crippen LogP contribution in [-0.2, 0) is 0 Å². The fourth-order valence-corrected chi connectivity index (χ4v) is 10.1. The van der Waals surface area contributed by atoms with Crippen molar-refractivity contribution in [1.82, 2.24) is 9.80 Å². The summed E-state index contributed by atoms with van der Waals surface area (Å²) < 4.78 is 0. The molecule has 0 atom stereocenters. The zero-order valence-corrected chi connectivity index (χ0v) is 34.8. The molecule has 5 aromatic carbocycles. The lowest BCUT2D eigenvalue weighted by Crippen LogP contribution is -2.42. The largest absolute Gasteiger partial charge is 0.274 e. The van der Waals surface area contributed by atoms with Gasteiger partial charge in [-0.1, -0.05) is 124 Å². The molecule has 0 radical (unpaired) electrons. The van der Waals surface area contributed by atoms with E-state index in [0.29, 0.717) is 12.8 Å². The number of imide groups is 2. The Balaban J connectivity index is 1.60. The number of halogens is 4. The molecule has 0 aliphatic carbocycles. The van der Waals surface area contributed by atoms with Gasteiger partial charge in [-0.25, -0.2) is 0 Å². The minimum Gasteiger partial charge on any atom is -0.274 e. The quantitative estimate of drug-likeness (QED) is 0.0460. The predicted molar refractivity (Wildman–Crippen MR) is 224 cm³/mol. The van der Waals surface area contributed by atoms with Gasteiger partial charge in [0.15, 0.2) is 0 Å². The summed E-state index contributed by atoms with van der Waals surface area (Å²) in [5, 5.41) is 41.5. The number of benzene rings is 5. The molecule has 10 nitrogen and oxygen atoms in total. The molecule has 0 N–H and O–H groups in total. The molecule has 14 heteroatoms. The Kier molecular flexibility index (Phi) is 11.5. The van der Waals surface area contributed by atoms with Crippen LogP contribution in [0.25, 0.3) is 43.1 Å². The molecule has 0 bridgehead atoms. The average Bonchev–Trinajstić information content (AvgIpc) is 3.21. The third-order valence-corrected chi connectivity index (χ3v) is 13.0. The third kappa shape index (κ3) is 5.85. The zero-order valence-electron chi connectivity index (χ0n) is 31.7. The number of amides is 4. The summed E-state index contributed by atoms with van der Waals surface area (Å²) in [6.45, 7) is 4.22. The van der Waals surface area contributed by atoms with Crippen LogP contribution in [0.2, 0.25) is 20.1 Å². The lowest BCUT2D eigenvalue weighted by atomic mass is 9.77. The van der Waals surface area contributed by atoms with Crippen LogP contribution in [-0.4, -0.2) is 46.5 Å². The molecule has 7 rings (SSSR count). The highest BCUT2D eigenvalue weighted by atomic mass is 35.5. The van der Waals surface area contributed by atoms with Crippen LogP contribution >= 0.6 is 46.4 Å². The number of nitriles is 4. The van der Waals surface area contributed by atoms with Crippen molar-refractivity contribution < 1.29 is 19.2 Å². The molecule has 0 fully saturated rings. The van der Waals surface area contributed by atoms with Crippen LogP contribution in [0.4, 0.5) is 0 Å². The highest BCUT2D eigenvalue weighted by Crippen LogP contribution is 2.57. The van der Waals surface area contributed by atoms with Crippen molar-refractivity contribution in [2.24, 2.45) is 0 Å². The molecule has 0 saturated carbocycles. The first-order valence-electron chi connectivity index (χ1n) is 19.4.